The van der Waals surface area contributed by atoms with Gasteiger partial charge in [0.1, 0.15) is 11.5 Å². The van der Waals surface area contributed by atoms with Crippen LogP contribution in [0.5, 0.6) is 11.5 Å². The molecule has 0 saturated heterocycles. The summed E-state index contributed by atoms with van der Waals surface area (Å²) in [5.41, 5.74) is 2.59. The van der Waals surface area contributed by atoms with Gasteiger partial charge in [-0.2, -0.15) is 0 Å². The zero-order chi connectivity index (χ0) is 11.7. The van der Waals surface area contributed by atoms with E-state index in [1.807, 2.05) is 6.07 Å². The molecule has 2 unspecified atom stereocenters. The molecular formula is C13H19NO2. The predicted octanol–water partition coefficient (Wildman–Crippen LogP) is 2.30. The summed E-state index contributed by atoms with van der Waals surface area (Å²) in [7, 11) is 3.40. The molecule has 88 valence electrons. The third kappa shape index (κ3) is 1.76. The van der Waals surface area contributed by atoms with Gasteiger partial charge in [-0.3, -0.25) is 0 Å². The third-order valence-electron chi connectivity index (χ3n) is 3.48. The van der Waals surface area contributed by atoms with Crippen LogP contribution in [0.4, 0.5) is 0 Å². The summed E-state index contributed by atoms with van der Waals surface area (Å²) >= 11 is 0. The lowest BCUT2D eigenvalue weighted by molar-refractivity contribution is 0.371. The zero-order valence-corrected chi connectivity index (χ0v) is 10.3. The first-order valence-electron chi connectivity index (χ1n) is 5.65. The van der Waals surface area contributed by atoms with Crippen LogP contribution in [0.15, 0.2) is 12.1 Å². The van der Waals surface area contributed by atoms with E-state index in [0.29, 0.717) is 12.0 Å². The van der Waals surface area contributed by atoms with Gasteiger partial charge in [-0.15, -0.1) is 0 Å². The number of nitrogens with one attached hydrogen (secondary N) is 1. The number of methoxy groups -OCH3 is 2. The second-order valence-corrected chi connectivity index (χ2v) is 4.36. The average molecular weight is 221 g/mol. The van der Waals surface area contributed by atoms with Crippen LogP contribution < -0.4 is 14.8 Å². The van der Waals surface area contributed by atoms with Gasteiger partial charge < -0.3 is 14.8 Å². The van der Waals surface area contributed by atoms with Crippen molar-refractivity contribution >= 4 is 0 Å². The van der Waals surface area contributed by atoms with Gasteiger partial charge in [0.25, 0.3) is 0 Å². The van der Waals surface area contributed by atoms with Crippen LogP contribution in [0.1, 0.15) is 30.9 Å². The predicted molar refractivity (Wildman–Crippen MR) is 64.3 cm³/mol. The molecule has 2 atom stereocenters. The van der Waals surface area contributed by atoms with Gasteiger partial charge in [0, 0.05) is 30.1 Å². The molecule has 0 bridgehead atoms. The molecule has 0 amide bonds. The van der Waals surface area contributed by atoms with E-state index in [9.17, 15) is 0 Å². The number of fused-ring (bicyclic) bond motifs is 1. The Balaban J connectivity index is 2.52. The molecule has 3 heteroatoms. The first kappa shape index (κ1) is 11.3. The highest BCUT2D eigenvalue weighted by Crippen LogP contribution is 2.38. The van der Waals surface area contributed by atoms with E-state index in [4.69, 9.17) is 9.47 Å². The molecular weight excluding hydrogens is 202 g/mol. The monoisotopic (exact) mass is 221 g/mol. The third-order valence-corrected chi connectivity index (χ3v) is 3.48. The molecule has 0 aliphatic carbocycles. The second-order valence-electron chi connectivity index (χ2n) is 4.36. The maximum Gasteiger partial charge on any atom is 0.126 e. The highest BCUT2D eigenvalue weighted by atomic mass is 16.5. The highest BCUT2D eigenvalue weighted by molar-refractivity contribution is 5.50. The van der Waals surface area contributed by atoms with Gasteiger partial charge in [-0.1, -0.05) is 6.92 Å². The van der Waals surface area contributed by atoms with E-state index in [1.54, 1.807) is 14.2 Å². The standard InChI is InChI=1S/C13H19NO2/c1-8-9(2)14-7-10-5-11(15-3)6-12(16-4)13(8)10/h5-6,8-9,14H,7H2,1-4H3. The van der Waals surface area contributed by atoms with E-state index >= 15 is 0 Å². The lowest BCUT2D eigenvalue weighted by atomic mass is 9.86. The molecule has 0 radical (unpaired) electrons. The molecule has 1 aromatic rings. The molecule has 1 N–H and O–H groups in total. The van der Waals surface area contributed by atoms with Gasteiger partial charge in [-0.05, 0) is 18.6 Å². The van der Waals surface area contributed by atoms with Crippen LogP contribution in [-0.4, -0.2) is 20.3 Å². The summed E-state index contributed by atoms with van der Waals surface area (Å²) in [6, 6.07) is 4.54. The van der Waals surface area contributed by atoms with Crippen molar-refractivity contribution in [2.24, 2.45) is 0 Å². The summed E-state index contributed by atoms with van der Waals surface area (Å²) in [6.45, 7) is 5.32. The van der Waals surface area contributed by atoms with Crippen molar-refractivity contribution in [1.29, 1.82) is 0 Å². The fraction of sp³-hybridized carbons (Fsp3) is 0.538. The molecule has 0 spiro atoms. The van der Waals surface area contributed by atoms with E-state index in [2.05, 4.69) is 25.2 Å². The van der Waals surface area contributed by atoms with Crippen molar-refractivity contribution in [1.82, 2.24) is 5.32 Å². The van der Waals surface area contributed by atoms with E-state index in [-0.39, 0.29) is 0 Å². The summed E-state index contributed by atoms with van der Waals surface area (Å²) in [4.78, 5) is 0. The van der Waals surface area contributed by atoms with Crippen LogP contribution in [-0.2, 0) is 6.54 Å². The molecule has 0 saturated carbocycles. The molecule has 1 aliphatic heterocycles. The van der Waals surface area contributed by atoms with Gasteiger partial charge in [0.2, 0.25) is 0 Å². The van der Waals surface area contributed by atoms with Crippen molar-refractivity contribution in [2.45, 2.75) is 32.4 Å². The van der Waals surface area contributed by atoms with Crippen LogP contribution in [0.25, 0.3) is 0 Å². The molecule has 1 heterocycles. The normalized spacial score (nSPS) is 23.8. The van der Waals surface area contributed by atoms with Crippen LogP contribution >= 0.6 is 0 Å². The Morgan fingerprint density at radius 1 is 1.19 bits per heavy atom. The van der Waals surface area contributed by atoms with E-state index in [0.717, 1.165) is 18.0 Å². The Hall–Kier alpha value is -1.22. The maximum atomic E-state index is 5.47. The van der Waals surface area contributed by atoms with Crippen molar-refractivity contribution < 1.29 is 9.47 Å². The fourth-order valence-corrected chi connectivity index (χ4v) is 2.30. The van der Waals surface area contributed by atoms with Crippen LogP contribution in [0.2, 0.25) is 0 Å². The molecule has 16 heavy (non-hydrogen) atoms. The smallest absolute Gasteiger partial charge is 0.126 e. The minimum Gasteiger partial charge on any atom is -0.497 e. The molecule has 3 nitrogen and oxygen atoms in total. The Morgan fingerprint density at radius 2 is 1.94 bits per heavy atom. The number of hydrogen-bond donors (Lipinski definition) is 1. The molecule has 1 aromatic carbocycles. The highest BCUT2D eigenvalue weighted by Gasteiger charge is 2.26. The quantitative estimate of drug-likeness (QED) is 0.831. The van der Waals surface area contributed by atoms with E-state index in [1.165, 1.54) is 11.1 Å². The van der Waals surface area contributed by atoms with Crippen molar-refractivity contribution in [3.05, 3.63) is 23.3 Å². The molecule has 0 fully saturated rings. The second kappa shape index (κ2) is 4.34. The Bertz CT molecular complexity index is 373. The van der Waals surface area contributed by atoms with Crippen molar-refractivity contribution in [3.63, 3.8) is 0 Å². The first-order chi connectivity index (χ1) is 7.67. The Labute approximate surface area is 96.8 Å². The van der Waals surface area contributed by atoms with Crippen molar-refractivity contribution in [2.75, 3.05) is 14.2 Å². The summed E-state index contributed by atoms with van der Waals surface area (Å²) in [5.74, 6) is 2.26. The lowest BCUT2D eigenvalue weighted by Crippen LogP contribution is -2.36. The van der Waals surface area contributed by atoms with Crippen LogP contribution in [0, 0.1) is 0 Å². The zero-order valence-electron chi connectivity index (χ0n) is 10.3. The molecule has 2 rings (SSSR count). The topological polar surface area (TPSA) is 30.5 Å². The van der Waals surface area contributed by atoms with Gasteiger partial charge in [0.05, 0.1) is 14.2 Å². The number of benzene rings is 1. The summed E-state index contributed by atoms with van der Waals surface area (Å²) in [5, 5.41) is 3.48. The van der Waals surface area contributed by atoms with Crippen LogP contribution in [0.3, 0.4) is 0 Å². The first-order valence-corrected chi connectivity index (χ1v) is 5.65. The number of rotatable bonds is 2. The number of hydrogen-bond acceptors (Lipinski definition) is 3. The minimum absolute atomic E-state index is 0.463. The SMILES string of the molecule is COc1cc2c(c(OC)c1)C(C)C(C)NC2. The summed E-state index contributed by atoms with van der Waals surface area (Å²) < 4.78 is 10.7. The molecule has 0 aromatic heterocycles. The Kier molecular flexibility index (Phi) is 3.06. The largest absolute Gasteiger partial charge is 0.497 e. The van der Waals surface area contributed by atoms with Gasteiger partial charge in [-0.25, -0.2) is 0 Å². The van der Waals surface area contributed by atoms with Crippen molar-refractivity contribution in [3.8, 4) is 11.5 Å². The van der Waals surface area contributed by atoms with Gasteiger partial charge >= 0.3 is 0 Å². The number of ether oxygens (including phenoxy) is 2. The fourth-order valence-electron chi connectivity index (χ4n) is 2.30. The average Bonchev–Trinajstić information content (AvgIpc) is 2.32. The molecule has 1 aliphatic rings. The Morgan fingerprint density at radius 3 is 2.56 bits per heavy atom. The lowest BCUT2D eigenvalue weighted by Gasteiger charge is -2.31. The summed E-state index contributed by atoms with van der Waals surface area (Å²) in [6.07, 6.45) is 0. The minimum atomic E-state index is 0.463. The maximum absolute atomic E-state index is 5.47. The van der Waals surface area contributed by atoms with Gasteiger partial charge in [0.15, 0.2) is 0 Å². The van der Waals surface area contributed by atoms with E-state index < -0.39 is 0 Å².